The van der Waals surface area contributed by atoms with E-state index in [0.29, 0.717) is 6.54 Å². The van der Waals surface area contributed by atoms with E-state index >= 15 is 0 Å². The molecule has 0 aromatic heterocycles. The maximum absolute atomic E-state index is 12.1. The molecule has 0 saturated carbocycles. The molecule has 1 N–H and O–H groups in total. The van der Waals surface area contributed by atoms with E-state index in [4.69, 9.17) is 0 Å². The van der Waals surface area contributed by atoms with Crippen LogP contribution in [0.2, 0.25) is 0 Å². The molecule has 2 atom stereocenters. The van der Waals surface area contributed by atoms with Gasteiger partial charge in [-0.25, -0.2) is 0 Å². The topological polar surface area (TPSA) is 49.4 Å². The van der Waals surface area contributed by atoms with Gasteiger partial charge in [0, 0.05) is 6.54 Å². The number of hydrogen-bond acceptors (Lipinski definition) is 2. The summed E-state index contributed by atoms with van der Waals surface area (Å²) in [6, 6.07) is 8.26. The van der Waals surface area contributed by atoms with Crippen LogP contribution in [0.15, 0.2) is 43.0 Å². The first-order valence-corrected chi connectivity index (χ1v) is 5.92. The first-order valence-electron chi connectivity index (χ1n) is 5.92. The minimum atomic E-state index is -0.562. The van der Waals surface area contributed by atoms with Gasteiger partial charge >= 0.3 is 0 Å². The fraction of sp³-hybridized carbons (Fsp3) is 0.286. The van der Waals surface area contributed by atoms with E-state index in [1.807, 2.05) is 30.3 Å². The highest BCUT2D eigenvalue weighted by Crippen LogP contribution is 2.25. The van der Waals surface area contributed by atoms with Crippen LogP contribution in [-0.4, -0.2) is 29.3 Å². The van der Waals surface area contributed by atoms with Crippen molar-refractivity contribution < 1.29 is 9.59 Å². The van der Waals surface area contributed by atoms with E-state index in [2.05, 4.69) is 11.9 Å². The summed E-state index contributed by atoms with van der Waals surface area (Å²) in [5.41, 5.74) is 0.817. The first-order chi connectivity index (χ1) is 8.65. The summed E-state index contributed by atoms with van der Waals surface area (Å²) in [5.74, 6) is -0.224. The fourth-order valence-electron chi connectivity index (χ4n) is 2.17. The van der Waals surface area contributed by atoms with E-state index in [1.54, 1.807) is 17.9 Å². The monoisotopic (exact) mass is 244 g/mol. The Hall–Kier alpha value is -2.10. The Morgan fingerprint density at radius 2 is 2.00 bits per heavy atom. The van der Waals surface area contributed by atoms with Gasteiger partial charge in [0.25, 0.3) is 0 Å². The van der Waals surface area contributed by atoms with Crippen LogP contribution < -0.4 is 5.32 Å². The molecule has 18 heavy (non-hydrogen) atoms. The highest BCUT2D eigenvalue weighted by molar-refractivity contribution is 5.97. The lowest BCUT2D eigenvalue weighted by Gasteiger charge is -2.37. The third kappa shape index (κ3) is 2.14. The van der Waals surface area contributed by atoms with Crippen LogP contribution in [0.3, 0.4) is 0 Å². The van der Waals surface area contributed by atoms with Crippen LogP contribution in [0, 0.1) is 0 Å². The number of nitrogens with zero attached hydrogens (tertiary/aromatic N) is 1. The van der Waals surface area contributed by atoms with Gasteiger partial charge in [-0.05, 0) is 12.5 Å². The van der Waals surface area contributed by atoms with Crippen molar-refractivity contribution in [2.24, 2.45) is 0 Å². The number of amides is 2. The van der Waals surface area contributed by atoms with Crippen molar-refractivity contribution in [2.75, 3.05) is 6.54 Å². The average Bonchev–Trinajstić information content (AvgIpc) is 2.37. The molecule has 2 rings (SSSR count). The summed E-state index contributed by atoms with van der Waals surface area (Å²) in [4.78, 5) is 25.8. The van der Waals surface area contributed by atoms with Crippen LogP contribution in [0.25, 0.3) is 0 Å². The predicted octanol–water partition coefficient (Wildman–Crippen LogP) is 1.26. The molecule has 94 valence electrons. The SMILES string of the molecule is C=CCN1C(=O)C(C)NC(=O)C1c1ccccc1. The molecule has 2 unspecified atom stereocenters. The van der Waals surface area contributed by atoms with Crippen molar-refractivity contribution >= 4 is 11.8 Å². The summed E-state index contributed by atoms with van der Waals surface area (Å²) >= 11 is 0. The Bertz CT molecular complexity index is 470. The lowest BCUT2D eigenvalue weighted by Crippen LogP contribution is -2.58. The zero-order chi connectivity index (χ0) is 13.1. The Kier molecular flexibility index (Phi) is 3.46. The number of rotatable bonds is 3. The normalized spacial score (nSPS) is 23.7. The van der Waals surface area contributed by atoms with Gasteiger partial charge in [0.2, 0.25) is 11.8 Å². The van der Waals surface area contributed by atoms with Crippen LogP contribution in [-0.2, 0) is 9.59 Å². The highest BCUT2D eigenvalue weighted by Gasteiger charge is 2.38. The molecular formula is C14H16N2O2. The highest BCUT2D eigenvalue weighted by atomic mass is 16.2. The summed E-state index contributed by atoms with van der Waals surface area (Å²) in [5, 5.41) is 2.70. The molecule has 1 aromatic rings. The molecule has 0 radical (unpaired) electrons. The maximum Gasteiger partial charge on any atom is 0.248 e. The quantitative estimate of drug-likeness (QED) is 0.814. The second-order valence-electron chi connectivity index (χ2n) is 4.32. The Labute approximate surface area is 106 Å². The lowest BCUT2D eigenvalue weighted by atomic mass is 10.00. The van der Waals surface area contributed by atoms with Crippen molar-refractivity contribution in [1.82, 2.24) is 10.2 Å². The zero-order valence-corrected chi connectivity index (χ0v) is 10.3. The predicted molar refractivity (Wildman–Crippen MR) is 68.7 cm³/mol. The molecule has 0 bridgehead atoms. The van der Waals surface area contributed by atoms with E-state index in [9.17, 15) is 9.59 Å². The van der Waals surface area contributed by atoms with Crippen LogP contribution in [0.1, 0.15) is 18.5 Å². The molecule has 0 spiro atoms. The van der Waals surface area contributed by atoms with Gasteiger partial charge in [0.15, 0.2) is 0 Å². The van der Waals surface area contributed by atoms with Gasteiger partial charge in [0.1, 0.15) is 12.1 Å². The third-order valence-electron chi connectivity index (χ3n) is 3.01. The summed E-state index contributed by atoms with van der Waals surface area (Å²) < 4.78 is 0. The van der Waals surface area contributed by atoms with Crippen molar-refractivity contribution in [1.29, 1.82) is 0 Å². The largest absolute Gasteiger partial charge is 0.342 e. The molecule has 1 aliphatic heterocycles. The smallest absolute Gasteiger partial charge is 0.248 e. The van der Waals surface area contributed by atoms with Gasteiger partial charge in [0.05, 0.1) is 0 Å². The molecule has 1 heterocycles. The minimum absolute atomic E-state index is 0.0802. The summed E-state index contributed by atoms with van der Waals surface area (Å²) in [6.07, 6.45) is 1.64. The minimum Gasteiger partial charge on any atom is -0.342 e. The van der Waals surface area contributed by atoms with E-state index in [1.165, 1.54) is 0 Å². The number of carbonyl (C=O) groups is 2. The summed E-state index contributed by atoms with van der Waals surface area (Å²) in [6.45, 7) is 5.71. The van der Waals surface area contributed by atoms with Crippen molar-refractivity contribution in [3.63, 3.8) is 0 Å². The third-order valence-corrected chi connectivity index (χ3v) is 3.01. The number of nitrogens with one attached hydrogen (secondary N) is 1. The molecule has 4 heteroatoms. The van der Waals surface area contributed by atoms with Gasteiger partial charge in [-0.3, -0.25) is 9.59 Å². The molecule has 1 fully saturated rings. The second kappa shape index (κ2) is 5.04. The lowest BCUT2D eigenvalue weighted by molar-refractivity contribution is -0.148. The average molecular weight is 244 g/mol. The molecule has 0 aliphatic carbocycles. The molecule has 2 amide bonds. The molecule has 1 aromatic carbocycles. The molecule has 1 aliphatic rings. The molecule has 1 saturated heterocycles. The number of hydrogen-bond donors (Lipinski definition) is 1. The number of carbonyl (C=O) groups excluding carboxylic acids is 2. The van der Waals surface area contributed by atoms with Gasteiger partial charge in [-0.15, -0.1) is 6.58 Å². The Balaban J connectivity index is 2.38. The first kappa shape index (κ1) is 12.4. The van der Waals surface area contributed by atoms with Crippen LogP contribution >= 0.6 is 0 Å². The molecule has 4 nitrogen and oxygen atoms in total. The van der Waals surface area contributed by atoms with Crippen molar-refractivity contribution in [2.45, 2.75) is 19.0 Å². The standard InChI is InChI=1S/C14H16N2O2/c1-3-9-16-12(11-7-5-4-6-8-11)13(17)15-10(2)14(16)18/h3-8,10,12H,1,9H2,2H3,(H,15,17). The zero-order valence-electron chi connectivity index (χ0n) is 10.3. The van der Waals surface area contributed by atoms with E-state index in [-0.39, 0.29) is 11.8 Å². The van der Waals surface area contributed by atoms with Gasteiger partial charge in [-0.1, -0.05) is 36.4 Å². The van der Waals surface area contributed by atoms with Crippen molar-refractivity contribution in [3.05, 3.63) is 48.6 Å². The van der Waals surface area contributed by atoms with Gasteiger partial charge < -0.3 is 10.2 Å². The summed E-state index contributed by atoms with van der Waals surface area (Å²) in [7, 11) is 0. The van der Waals surface area contributed by atoms with Crippen molar-refractivity contribution in [3.8, 4) is 0 Å². The molecular weight excluding hydrogens is 228 g/mol. The number of piperazine rings is 1. The van der Waals surface area contributed by atoms with Crippen LogP contribution in [0.5, 0.6) is 0 Å². The van der Waals surface area contributed by atoms with E-state index < -0.39 is 12.1 Å². The number of benzene rings is 1. The maximum atomic E-state index is 12.1. The van der Waals surface area contributed by atoms with Gasteiger partial charge in [-0.2, -0.15) is 0 Å². The second-order valence-corrected chi connectivity index (χ2v) is 4.32. The van der Waals surface area contributed by atoms with Crippen LogP contribution in [0.4, 0.5) is 0 Å². The fourth-order valence-corrected chi connectivity index (χ4v) is 2.17. The Morgan fingerprint density at radius 3 is 2.61 bits per heavy atom. The van der Waals surface area contributed by atoms with E-state index in [0.717, 1.165) is 5.56 Å². The Morgan fingerprint density at radius 1 is 1.33 bits per heavy atom.